The molecular weight excluding hydrogens is 358 g/mol. The molecule has 2 heterocycles. The third-order valence-electron chi connectivity index (χ3n) is 4.39. The molecule has 9 heteroatoms. The van der Waals surface area contributed by atoms with E-state index in [4.69, 9.17) is 16.3 Å². The highest BCUT2D eigenvalue weighted by Crippen LogP contribution is 2.40. The number of imidazole rings is 1. The average Bonchev–Trinajstić information content (AvgIpc) is 3.09. The van der Waals surface area contributed by atoms with Gasteiger partial charge >= 0.3 is 0 Å². The number of aromatic nitrogens is 4. The highest BCUT2D eigenvalue weighted by Gasteiger charge is 2.43. The Kier molecular flexibility index (Phi) is 5.18. The first-order valence-electron chi connectivity index (χ1n) is 8.69. The monoisotopic (exact) mass is 381 g/mol. The van der Waals surface area contributed by atoms with Gasteiger partial charge in [-0.3, -0.25) is 4.79 Å². The molecule has 3 atom stereocenters. The van der Waals surface area contributed by atoms with Crippen molar-refractivity contribution in [1.29, 1.82) is 0 Å². The van der Waals surface area contributed by atoms with Crippen molar-refractivity contribution in [3.63, 3.8) is 0 Å². The predicted molar refractivity (Wildman–Crippen MR) is 96.5 cm³/mol. The zero-order valence-electron chi connectivity index (χ0n) is 15.3. The molecule has 0 aromatic carbocycles. The number of rotatable bonds is 5. The minimum absolute atomic E-state index is 0.0324. The Hall–Kier alpha value is -1.77. The van der Waals surface area contributed by atoms with Gasteiger partial charge in [-0.05, 0) is 40.5 Å². The molecular formula is C17H24ClN5O3. The maximum Gasteiger partial charge on any atom is 0.226 e. The molecule has 0 radical (unpaired) electrons. The molecule has 1 aliphatic rings. The van der Waals surface area contributed by atoms with Gasteiger partial charge in [0.15, 0.2) is 16.6 Å². The van der Waals surface area contributed by atoms with Crippen molar-refractivity contribution in [2.75, 3.05) is 0 Å². The van der Waals surface area contributed by atoms with E-state index in [2.05, 4.69) is 20.3 Å². The lowest BCUT2D eigenvalue weighted by Gasteiger charge is -2.27. The summed E-state index contributed by atoms with van der Waals surface area (Å²) in [5.74, 6) is -1.77. The van der Waals surface area contributed by atoms with Gasteiger partial charge in [-0.25, -0.2) is 15.0 Å². The molecule has 1 fully saturated rings. The number of carbonyl (C=O) groups excluding carboxylic acids is 1. The SMILES string of the molecule is CC(C)NC(=O)[C@H]1CC(n2cnc3c(Cl)ncnc32)C[C@@H]1OC(C)(C)O. The van der Waals surface area contributed by atoms with Gasteiger partial charge in [0.25, 0.3) is 0 Å². The van der Waals surface area contributed by atoms with E-state index in [9.17, 15) is 9.90 Å². The van der Waals surface area contributed by atoms with E-state index < -0.39 is 11.9 Å². The zero-order valence-corrected chi connectivity index (χ0v) is 16.1. The van der Waals surface area contributed by atoms with Crippen LogP contribution in [0.5, 0.6) is 0 Å². The summed E-state index contributed by atoms with van der Waals surface area (Å²) in [6, 6.07) is -0.00816. The summed E-state index contributed by atoms with van der Waals surface area (Å²) >= 11 is 6.08. The van der Waals surface area contributed by atoms with Crippen LogP contribution in [-0.2, 0) is 9.53 Å². The first-order valence-corrected chi connectivity index (χ1v) is 9.07. The van der Waals surface area contributed by atoms with Gasteiger partial charge in [-0.2, -0.15) is 0 Å². The Balaban J connectivity index is 1.89. The number of aliphatic hydroxyl groups is 1. The number of fused-ring (bicyclic) bond motifs is 1. The first kappa shape index (κ1) is 19.0. The molecule has 8 nitrogen and oxygen atoms in total. The Morgan fingerprint density at radius 1 is 1.38 bits per heavy atom. The number of hydrogen-bond acceptors (Lipinski definition) is 6. The fourth-order valence-corrected chi connectivity index (χ4v) is 3.64. The van der Waals surface area contributed by atoms with Crippen molar-refractivity contribution in [3.8, 4) is 0 Å². The molecule has 1 unspecified atom stereocenters. The van der Waals surface area contributed by atoms with Crippen LogP contribution in [0.4, 0.5) is 0 Å². The summed E-state index contributed by atoms with van der Waals surface area (Å²) in [5.41, 5.74) is 1.16. The number of halogens is 1. The molecule has 142 valence electrons. The van der Waals surface area contributed by atoms with Gasteiger partial charge in [0.1, 0.15) is 11.8 Å². The van der Waals surface area contributed by atoms with E-state index in [1.165, 1.54) is 6.33 Å². The molecule has 0 saturated heterocycles. The number of nitrogens with zero attached hydrogens (tertiary/aromatic N) is 4. The summed E-state index contributed by atoms with van der Waals surface area (Å²) in [6.07, 6.45) is 3.78. The van der Waals surface area contributed by atoms with Crippen molar-refractivity contribution in [2.45, 2.75) is 64.5 Å². The van der Waals surface area contributed by atoms with Gasteiger partial charge in [0, 0.05) is 12.1 Å². The van der Waals surface area contributed by atoms with Crippen molar-refractivity contribution in [3.05, 3.63) is 17.8 Å². The number of nitrogens with one attached hydrogen (secondary N) is 1. The molecule has 1 saturated carbocycles. The highest BCUT2D eigenvalue weighted by atomic mass is 35.5. The Labute approximate surface area is 156 Å². The van der Waals surface area contributed by atoms with Crippen molar-refractivity contribution < 1.29 is 14.6 Å². The predicted octanol–water partition coefficient (Wildman–Crippen LogP) is 2.07. The van der Waals surface area contributed by atoms with Crippen LogP contribution in [0.1, 0.15) is 46.6 Å². The number of hydrogen-bond donors (Lipinski definition) is 2. The van der Waals surface area contributed by atoms with Crippen LogP contribution in [0.15, 0.2) is 12.7 Å². The highest BCUT2D eigenvalue weighted by molar-refractivity contribution is 6.33. The lowest BCUT2D eigenvalue weighted by atomic mass is 10.0. The molecule has 1 aliphatic carbocycles. The quantitative estimate of drug-likeness (QED) is 0.607. The fraction of sp³-hybridized carbons (Fsp3) is 0.647. The van der Waals surface area contributed by atoms with Crippen molar-refractivity contribution >= 4 is 28.7 Å². The van der Waals surface area contributed by atoms with Crippen molar-refractivity contribution in [1.82, 2.24) is 24.8 Å². The minimum Gasteiger partial charge on any atom is -0.366 e. The van der Waals surface area contributed by atoms with Gasteiger partial charge in [0.2, 0.25) is 5.91 Å². The lowest BCUT2D eigenvalue weighted by molar-refractivity contribution is -0.212. The van der Waals surface area contributed by atoms with E-state index >= 15 is 0 Å². The third kappa shape index (κ3) is 3.97. The van der Waals surface area contributed by atoms with E-state index in [0.717, 1.165) is 0 Å². The van der Waals surface area contributed by atoms with Crippen LogP contribution < -0.4 is 5.32 Å². The third-order valence-corrected chi connectivity index (χ3v) is 4.67. The maximum atomic E-state index is 12.6. The number of carbonyl (C=O) groups is 1. The Bertz CT molecular complexity index is 801. The molecule has 2 aromatic rings. The molecule has 0 aliphatic heterocycles. The summed E-state index contributed by atoms with van der Waals surface area (Å²) in [5, 5.41) is 13.3. The van der Waals surface area contributed by atoms with Crippen LogP contribution in [0.3, 0.4) is 0 Å². The van der Waals surface area contributed by atoms with E-state index in [-0.39, 0.29) is 23.9 Å². The van der Waals surface area contributed by atoms with Crippen LogP contribution in [0.2, 0.25) is 5.15 Å². The number of ether oxygens (including phenoxy) is 1. The van der Waals surface area contributed by atoms with Crippen LogP contribution >= 0.6 is 11.6 Å². The maximum absolute atomic E-state index is 12.6. The average molecular weight is 382 g/mol. The smallest absolute Gasteiger partial charge is 0.226 e. The molecule has 0 spiro atoms. The number of amides is 1. The summed E-state index contributed by atoms with van der Waals surface area (Å²) in [4.78, 5) is 25.2. The topological polar surface area (TPSA) is 102 Å². The second-order valence-corrected chi connectivity index (χ2v) is 7.84. The Morgan fingerprint density at radius 3 is 2.77 bits per heavy atom. The van der Waals surface area contributed by atoms with E-state index in [0.29, 0.717) is 29.2 Å². The first-order chi connectivity index (χ1) is 12.2. The summed E-state index contributed by atoms with van der Waals surface area (Å²) in [7, 11) is 0. The molecule has 26 heavy (non-hydrogen) atoms. The zero-order chi connectivity index (χ0) is 19.1. The molecule has 2 N–H and O–H groups in total. The van der Waals surface area contributed by atoms with E-state index in [1.54, 1.807) is 20.2 Å². The van der Waals surface area contributed by atoms with Gasteiger partial charge in [-0.1, -0.05) is 11.6 Å². The second-order valence-electron chi connectivity index (χ2n) is 7.49. The Morgan fingerprint density at radius 2 is 2.12 bits per heavy atom. The van der Waals surface area contributed by atoms with Crippen LogP contribution in [0.25, 0.3) is 11.2 Å². The van der Waals surface area contributed by atoms with Crippen molar-refractivity contribution in [2.24, 2.45) is 5.92 Å². The molecule has 2 aromatic heterocycles. The van der Waals surface area contributed by atoms with Gasteiger partial charge in [0.05, 0.1) is 18.3 Å². The molecule has 1 amide bonds. The fourth-order valence-electron chi connectivity index (χ4n) is 3.46. The van der Waals surface area contributed by atoms with Crippen LogP contribution in [0, 0.1) is 5.92 Å². The second kappa shape index (κ2) is 7.09. The normalized spacial score (nSPS) is 23.7. The van der Waals surface area contributed by atoms with Gasteiger partial charge < -0.3 is 19.7 Å². The van der Waals surface area contributed by atoms with Crippen LogP contribution in [-0.4, -0.2) is 48.5 Å². The van der Waals surface area contributed by atoms with Gasteiger partial charge in [-0.15, -0.1) is 0 Å². The minimum atomic E-state index is -1.32. The lowest BCUT2D eigenvalue weighted by Crippen LogP contribution is -2.42. The summed E-state index contributed by atoms with van der Waals surface area (Å²) < 4.78 is 7.69. The standard InChI is InChI=1S/C17H24ClN5O3/c1-9(2)22-16(24)11-5-10(6-12(11)26-17(3,4)25)23-8-21-13-14(18)19-7-20-15(13)23/h7-12,25H,5-6H2,1-4H3,(H,22,24)/t10?,11-,12-/m0/s1. The largest absolute Gasteiger partial charge is 0.366 e. The van der Waals surface area contributed by atoms with E-state index in [1.807, 2.05) is 18.4 Å². The molecule has 3 rings (SSSR count). The summed E-state index contributed by atoms with van der Waals surface area (Å²) in [6.45, 7) is 6.96. The molecule has 0 bridgehead atoms.